The quantitative estimate of drug-likeness (QED) is 0.136. The molecule has 11 nitrogen and oxygen atoms in total. The van der Waals surface area contributed by atoms with E-state index in [0.717, 1.165) is 11.1 Å². The van der Waals surface area contributed by atoms with Gasteiger partial charge in [0, 0.05) is 12.5 Å². The number of aromatic carboxylic acids is 1. The van der Waals surface area contributed by atoms with Crippen LogP contribution in [0.2, 0.25) is 0 Å². The first-order valence-corrected chi connectivity index (χ1v) is 12.5. The Bertz CT molecular complexity index is 1480. The lowest BCUT2D eigenvalue weighted by Gasteiger charge is -2.30. The van der Waals surface area contributed by atoms with Gasteiger partial charge in [0.2, 0.25) is 5.91 Å². The standard InChI is InChI=1S/C29H28N4O7/c30-29(31)32-23-9-6-18(7-10-23)28(39)40-24-11-8-19-13-21(5-4-20(19)14-24)26(36)33(16-25(34)35)15-17-2-1-3-22(12-17)27(37)38/h1-3,6-12,14,21H,4-5,13,15-16H2,(H,34,35)(H,37,38)(H4,30,31,32). The van der Waals surface area contributed by atoms with Crippen LogP contribution in [0.1, 0.15) is 43.8 Å². The Morgan fingerprint density at radius 1 is 0.925 bits per heavy atom. The zero-order valence-electron chi connectivity index (χ0n) is 21.4. The maximum atomic E-state index is 13.4. The third-order valence-corrected chi connectivity index (χ3v) is 6.51. The summed E-state index contributed by atoms with van der Waals surface area (Å²) in [5, 5.41) is 18.6. The van der Waals surface area contributed by atoms with Crippen LogP contribution in [-0.4, -0.2) is 51.4 Å². The van der Waals surface area contributed by atoms with Gasteiger partial charge in [-0.25, -0.2) is 14.6 Å². The Balaban J connectivity index is 1.43. The molecule has 0 spiro atoms. The van der Waals surface area contributed by atoms with E-state index in [1.807, 2.05) is 0 Å². The Morgan fingerprint density at radius 3 is 2.35 bits per heavy atom. The Labute approximate surface area is 229 Å². The van der Waals surface area contributed by atoms with Gasteiger partial charge in [0.15, 0.2) is 5.96 Å². The number of rotatable bonds is 9. The average Bonchev–Trinajstić information content (AvgIpc) is 2.92. The number of aliphatic imine (C=N–C) groups is 1. The number of carboxylic acids is 2. The van der Waals surface area contributed by atoms with Crippen LogP contribution in [-0.2, 0) is 29.0 Å². The molecule has 40 heavy (non-hydrogen) atoms. The second-order valence-electron chi connectivity index (χ2n) is 9.44. The summed E-state index contributed by atoms with van der Waals surface area (Å²) in [6, 6.07) is 17.6. The number of nitrogens with zero attached hydrogens (tertiary/aromatic N) is 2. The number of esters is 1. The van der Waals surface area contributed by atoms with Crippen molar-refractivity contribution in [1.82, 2.24) is 4.90 Å². The summed E-state index contributed by atoms with van der Waals surface area (Å²) in [5.74, 6) is -3.28. The fraction of sp³-hybridized carbons (Fsp3) is 0.207. The van der Waals surface area contributed by atoms with E-state index >= 15 is 0 Å². The minimum atomic E-state index is -1.16. The van der Waals surface area contributed by atoms with E-state index in [9.17, 15) is 29.4 Å². The SMILES string of the molecule is NC(N)=Nc1ccc(C(=O)Oc2ccc3c(c2)CCC(C(=O)N(CC(=O)O)Cc2cccc(C(=O)O)c2)C3)cc1. The molecule has 3 aromatic carbocycles. The monoisotopic (exact) mass is 544 g/mol. The molecule has 0 fully saturated rings. The Hall–Kier alpha value is -5.19. The molecule has 0 aromatic heterocycles. The molecule has 0 radical (unpaired) electrons. The molecule has 1 amide bonds. The van der Waals surface area contributed by atoms with Crippen LogP contribution >= 0.6 is 0 Å². The number of hydrogen-bond acceptors (Lipinski definition) is 6. The molecule has 0 saturated heterocycles. The maximum Gasteiger partial charge on any atom is 0.343 e. The average molecular weight is 545 g/mol. The number of ether oxygens (including phenoxy) is 1. The first kappa shape index (κ1) is 27.8. The molecule has 0 saturated carbocycles. The number of carbonyl (C=O) groups excluding carboxylic acids is 2. The van der Waals surface area contributed by atoms with Crippen molar-refractivity contribution in [3.05, 3.63) is 94.5 Å². The van der Waals surface area contributed by atoms with Crippen molar-refractivity contribution in [3.8, 4) is 5.75 Å². The van der Waals surface area contributed by atoms with Gasteiger partial charge in [0.1, 0.15) is 12.3 Å². The largest absolute Gasteiger partial charge is 0.480 e. The third kappa shape index (κ3) is 7.01. The lowest BCUT2D eigenvalue weighted by molar-refractivity contribution is -0.147. The van der Waals surface area contributed by atoms with E-state index in [1.165, 1.54) is 17.0 Å². The molecular formula is C29H28N4O7. The topological polar surface area (TPSA) is 186 Å². The van der Waals surface area contributed by atoms with Crippen LogP contribution in [0.5, 0.6) is 5.75 Å². The van der Waals surface area contributed by atoms with E-state index in [0.29, 0.717) is 41.8 Å². The van der Waals surface area contributed by atoms with Crippen molar-refractivity contribution in [1.29, 1.82) is 0 Å². The molecule has 206 valence electrons. The highest BCUT2D eigenvalue weighted by atomic mass is 16.5. The van der Waals surface area contributed by atoms with Gasteiger partial charge < -0.3 is 31.3 Å². The molecule has 1 aliphatic rings. The number of aryl methyl sites for hydroxylation is 1. The summed E-state index contributed by atoms with van der Waals surface area (Å²) in [4.78, 5) is 53.9. The summed E-state index contributed by atoms with van der Waals surface area (Å²) >= 11 is 0. The number of amides is 1. The van der Waals surface area contributed by atoms with Gasteiger partial charge in [-0.05, 0) is 84.5 Å². The second kappa shape index (κ2) is 12.1. The molecule has 4 rings (SSSR count). The number of carboxylic acid groups (broad SMARTS) is 2. The highest BCUT2D eigenvalue weighted by Crippen LogP contribution is 2.30. The predicted molar refractivity (Wildman–Crippen MR) is 145 cm³/mol. The van der Waals surface area contributed by atoms with Gasteiger partial charge >= 0.3 is 17.9 Å². The predicted octanol–water partition coefficient (Wildman–Crippen LogP) is 2.73. The smallest absolute Gasteiger partial charge is 0.343 e. The molecule has 0 aliphatic heterocycles. The van der Waals surface area contributed by atoms with Crippen LogP contribution < -0.4 is 16.2 Å². The lowest BCUT2D eigenvalue weighted by atomic mass is 9.83. The summed E-state index contributed by atoms with van der Waals surface area (Å²) < 4.78 is 5.53. The van der Waals surface area contributed by atoms with Gasteiger partial charge in [0.05, 0.1) is 16.8 Å². The molecule has 1 unspecified atom stereocenters. The van der Waals surface area contributed by atoms with Crippen LogP contribution in [0.3, 0.4) is 0 Å². The molecule has 6 N–H and O–H groups in total. The minimum Gasteiger partial charge on any atom is -0.480 e. The zero-order chi connectivity index (χ0) is 28.8. The number of nitrogens with two attached hydrogens (primary N) is 2. The minimum absolute atomic E-state index is 0.0164. The number of fused-ring (bicyclic) bond motifs is 1. The van der Waals surface area contributed by atoms with Crippen LogP contribution in [0.25, 0.3) is 0 Å². The van der Waals surface area contributed by atoms with Crippen molar-refractivity contribution in [3.63, 3.8) is 0 Å². The number of hydrogen-bond donors (Lipinski definition) is 4. The first-order chi connectivity index (χ1) is 19.1. The summed E-state index contributed by atoms with van der Waals surface area (Å²) in [6.45, 7) is -0.515. The molecule has 1 aliphatic carbocycles. The van der Waals surface area contributed by atoms with Crippen molar-refractivity contribution < 1.29 is 34.1 Å². The Kier molecular flexibility index (Phi) is 8.43. The molecule has 1 atom stereocenters. The number of aliphatic carboxylic acids is 1. The highest BCUT2D eigenvalue weighted by molar-refractivity contribution is 5.91. The molecule has 0 heterocycles. The number of guanidine groups is 1. The second-order valence-corrected chi connectivity index (χ2v) is 9.44. The normalized spacial score (nSPS) is 13.9. The third-order valence-electron chi connectivity index (χ3n) is 6.51. The van der Waals surface area contributed by atoms with Crippen molar-refractivity contribution in [2.45, 2.75) is 25.8 Å². The van der Waals surface area contributed by atoms with Gasteiger partial charge in [-0.1, -0.05) is 18.2 Å². The van der Waals surface area contributed by atoms with Crippen molar-refractivity contribution >= 4 is 35.5 Å². The van der Waals surface area contributed by atoms with E-state index in [-0.39, 0.29) is 24.0 Å². The molecule has 11 heteroatoms. The maximum absolute atomic E-state index is 13.4. The fourth-order valence-corrected chi connectivity index (χ4v) is 4.65. The fourth-order valence-electron chi connectivity index (χ4n) is 4.65. The highest BCUT2D eigenvalue weighted by Gasteiger charge is 2.30. The van der Waals surface area contributed by atoms with Crippen LogP contribution in [0.15, 0.2) is 71.7 Å². The van der Waals surface area contributed by atoms with Gasteiger partial charge in [-0.3, -0.25) is 9.59 Å². The zero-order valence-corrected chi connectivity index (χ0v) is 21.4. The van der Waals surface area contributed by atoms with E-state index in [2.05, 4.69) is 4.99 Å². The summed E-state index contributed by atoms with van der Waals surface area (Å²) in [5.41, 5.74) is 14.0. The van der Waals surface area contributed by atoms with Gasteiger partial charge in [-0.15, -0.1) is 0 Å². The number of carbonyl (C=O) groups is 4. The molecule has 0 bridgehead atoms. The summed E-state index contributed by atoms with van der Waals surface area (Å²) in [7, 11) is 0. The molecule has 3 aromatic rings. The van der Waals surface area contributed by atoms with Gasteiger partial charge in [-0.2, -0.15) is 0 Å². The van der Waals surface area contributed by atoms with Gasteiger partial charge in [0.25, 0.3) is 0 Å². The lowest BCUT2D eigenvalue weighted by Crippen LogP contribution is -2.41. The van der Waals surface area contributed by atoms with E-state index in [4.69, 9.17) is 16.2 Å². The summed E-state index contributed by atoms with van der Waals surface area (Å²) in [6.07, 6.45) is 1.43. The molecular weight excluding hydrogens is 516 g/mol. The van der Waals surface area contributed by atoms with E-state index in [1.54, 1.807) is 54.6 Å². The van der Waals surface area contributed by atoms with E-state index < -0.39 is 30.4 Å². The van der Waals surface area contributed by atoms with Crippen LogP contribution in [0, 0.1) is 5.92 Å². The van der Waals surface area contributed by atoms with Crippen molar-refractivity contribution in [2.75, 3.05) is 6.54 Å². The van der Waals surface area contributed by atoms with Crippen LogP contribution in [0.4, 0.5) is 5.69 Å². The number of benzene rings is 3. The van der Waals surface area contributed by atoms with Crippen molar-refractivity contribution in [2.24, 2.45) is 22.4 Å². The first-order valence-electron chi connectivity index (χ1n) is 12.5. The Morgan fingerprint density at radius 2 is 1.68 bits per heavy atom.